The van der Waals surface area contributed by atoms with E-state index in [1.165, 1.54) is 0 Å². The third kappa shape index (κ3) is 8.56. The molecule has 2 aromatic carbocycles. The summed E-state index contributed by atoms with van der Waals surface area (Å²) >= 11 is 0. The maximum absolute atomic E-state index is 11.4. The molecule has 2 aromatic rings. The number of aliphatic hydroxyl groups excluding tert-OH is 3. The molecule has 0 aliphatic rings. The number of carboxylic acid groups (broad SMARTS) is 1. The van der Waals surface area contributed by atoms with Crippen molar-refractivity contribution in [3.63, 3.8) is 0 Å². The molecule has 0 fully saturated rings. The van der Waals surface area contributed by atoms with Crippen LogP contribution >= 0.6 is 0 Å². The van der Waals surface area contributed by atoms with Gasteiger partial charge in [-0.1, -0.05) is 36.4 Å². The molecule has 0 aromatic heterocycles. The van der Waals surface area contributed by atoms with Crippen molar-refractivity contribution >= 4 is 12.1 Å². The van der Waals surface area contributed by atoms with E-state index in [0.29, 0.717) is 28.8 Å². The van der Waals surface area contributed by atoms with Gasteiger partial charge < -0.3 is 35.5 Å². The van der Waals surface area contributed by atoms with Gasteiger partial charge in [-0.3, -0.25) is 9.69 Å². The fourth-order valence-electron chi connectivity index (χ4n) is 3.51. The van der Waals surface area contributed by atoms with Gasteiger partial charge in [0.2, 0.25) is 0 Å². The minimum Gasteiger partial charge on any atom is -0.507 e. The van der Waals surface area contributed by atoms with Crippen LogP contribution in [0.25, 0.3) is 0 Å². The van der Waals surface area contributed by atoms with E-state index >= 15 is 0 Å². The number of carbonyl (C=O) groups excluding carboxylic acids is 2. The number of phenols is 2. The number of aromatic hydroxyl groups is 2. The van der Waals surface area contributed by atoms with Gasteiger partial charge in [0.05, 0.1) is 26.4 Å². The lowest BCUT2D eigenvalue weighted by Crippen LogP contribution is -2.46. The maximum atomic E-state index is 11.4. The van der Waals surface area contributed by atoms with Crippen LogP contribution in [0.5, 0.6) is 11.5 Å². The molecular weight excluding hydrogens is 448 g/mol. The van der Waals surface area contributed by atoms with Crippen LogP contribution in [-0.4, -0.2) is 85.3 Å². The van der Waals surface area contributed by atoms with Crippen LogP contribution in [0.1, 0.15) is 22.3 Å². The van der Waals surface area contributed by atoms with Gasteiger partial charge in [0, 0.05) is 47.9 Å². The Hall–Kier alpha value is -3.31. The molecule has 0 saturated heterocycles. The number of hydrogen-bond donors (Lipinski definition) is 6. The molecule has 0 radical (unpaired) electrons. The second-order valence-electron chi connectivity index (χ2n) is 7.58. The van der Waals surface area contributed by atoms with Gasteiger partial charge >= 0.3 is 12.1 Å². The number of carboxylic acids is 1. The van der Waals surface area contributed by atoms with E-state index in [-0.39, 0.29) is 57.1 Å². The van der Waals surface area contributed by atoms with Crippen LogP contribution in [0.2, 0.25) is 0 Å². The summed E-state index contributed by atoms with van der Waals surface area (Å²) in [5, 5.41) is 58.6. The first-order valence-corrected chi connectivity index (χ1v) is 10.3. The van der Waals surface area contributed by atoms with Crippen molar-refractivity contribution in [2.75, 3.05) is 26.7 Å². The van der Waals surface area contributed by atoms with Crippen LogP contribution in [0.15, 0.2) is 36.4 Å². The predicted octanol–water partition coefficient (Wildman–Crippen LogP) is -0.122. The van der Waals surface area contributed by atoms with Gasteiger partial charge in [-0.15, -0.1) is 0 Å². The SMILES string of the molecule is CN(Cc1cccc(CO)c1O)CC(CO)N(CC(=O)O)Cc1cccc(CO)c1O.O=C=O. The summed E-state index contributed by atoms with van der Waals surface area (Å²) in [4.78, 5) is 31.0. The third-order valence-electron chi connectivity index (χ3n) is 5.15. The zero-order valence-corrected chi connectivity index (χ0v) is 18.8. The minimum absolute atomic E-state index is 0.00512. The molecule has 0 aliphatic heterocycles. The number of aliphatic carboxylic acids is 1. The number of benzene rings is 2. The van der Waals surface area contributed by atoms with Crippen molar-refractivity contribution in [3.05, 3.63) is 58.7 Å². The highest BCUT2D eigenvalue weighted by atomic mass is 16.4. The minimum atomic E-state index is -1.08. The van der Waals surface area contributed by atoms with E-state index in [2.05, 4.69) is 0 Å². The fraction of sp³-hybridized carbons (Fsp3) is 0.391. The lowest BCUT2D eigenvalue weighted by molar-refractivity contribution is -0.191. The summed E-state index contributed by atoms with van der Waals surface area (Å²) < 4.78 is 0. The summed E-state index contributed by atoms with van der Waals surface area (Å²) in [6, 6.07) is 9.39. The summed E-state index contributed by atoms with van der Waals surface area (Å²) in [5.74, 6) is -1.17. The number of nitrogens with zero attached hydrogens (tertiary/aromatic N) is 2. The number of aliphatic hydroxyl groups is 3. The van der Waals surface area contributed by atoms with Gasteiger partial charge in [-0.2, -0.15) is 9.59 Å². The van der Waals surface area contributed by atoms with Crippen LogP contribution in [0, 0.1) is 0 Å². The monoisotopic (exact) mass is 478 g/mol. The highest BCUT2D eigenvalue weighted by Crippen LogP contribution is 2.26. The molecular formula is C23H30N2O9. The molecule has 1 unspecified atom stereocenters. The van der Waals surface area contributed by atoms with Crippen LogP contribution in [0.3, 0.4) is 0 Å². The number of hydrogen-bond acceptors (Lipinski definition) is 10. The molecule has 0 bridgehead atoms. The van der Waals surface area contributed by atoms with Crippen molar-refractivity contribution < 1.29 is 45.0 Å². The molecule has 0 spiro atoms. The van der Waals surface area contributed by atoms with Gasteiger partial charge in [0.1, 0.15) is 11.5 Å². The van der Waals surface area contributed by atoms with Crippen molar-refractivity contribution in [2.45, 2.75) is 32.3 Å². The van der Waals surface area contributed by atoms with Gasteiger partial charge in [0.25, 0.3) is 0 Å². The van der Waals surface area contributed by atoms with E-state index in [1.54, 1.807) is 48.3 Å². The van der Waals surface area contributed by atoms with E-state index in [1.807, 2.05) is 4.90 Å². The van der Waals surface area contributed by atoms with Crippen molar-refractivity contribution in [2.24, 2.45) is 0 Å². The molecule has 6 N–H and O–H groups in total. The third-order valence-corrected chi connectivity index (χ3v) is 5.15. The molecule has 0 aliphatic carbocycles. The van der Waals surface area contributed by atoms with Crippen molar-refractivity contribution in [1.29, 1.82) is 0 Å². The molecule has 11 heteroatoms. The molecule has 0 saturated carbocycles. The maximum Gasteiger partial charge on any atom is 0.373 e. The van der Waals surface area contributed by atoms with Crippen LogP contribution in [0.4, 0.5) is 0 Å². The molecule has 0 amide bonds. The van der Waals surface area contributed by atoms with Gasteiger partial charge in [-0.25, -0.2) is 0 Å². The standard InChI is InChI=1S/C22H30N2O7.CO2/c1-23(8-15-4-2-6-17(12-25)21(15)30)10-19(14-27)24(11-20(28)29)9-16-5-3-7-18(13-26)22(16)31;2-1-3/h2-7,19,25-27,30-31H,8-14H2,1H3,(H,28,29);. The van der Waals surface area contributed by atoms with E-state index < -0.39 is 12.0 Å². The average Bonchev–Trinajstić information content (AvgIpc) is 2.80. The van der Waals surface area contributed by atoms with Crippen molar-refractivity contribution in [1.82, 2.24) is 9.80 Å². The van der Waals surface area contributed by atoms with Crippen LogP contribution < -0.4 is 0 Å². The molecule has 11 nitrogen and oxygen atoms in total. The zero-order valence-electron chi connectivity index (χ0n) is 18.8. The highest BCUT2D eigenvalue weighted by molar-refractivity contribution is 5.69. The van der Waals surface area contributed by atoms with E-state index in [9.17, 15) is 35.4 Å². The Balaban J connectivity index is 0.00000182. The van der Waals surface area contributed by atoms with E-state index in [4.69, 9.17) is 9.59 Å². The number of para-hydroxylation sites is 2. The molecule has 1 atom stereocenters. The molecule has 34 heavy (non-hydrogen) atoms. The Kier molecular flexibility index (Phi) is 12.5. The van der Waals surface area contributed by atoms with Gasteiger partial charge in [0.15, 0.2) is 0 Å². The zero-order chi connectivity index (χ0) is 25.7. The summed E-state index contributed by atoms with van der Waals surface area (Å²) in [6.07, 6.45) is 0.250. The largest absolute Gasteiger partial charge is 0.507 e. The fourth-order valence-corrected chi connectivity index (χ4v) is 3.51. The lowest BCUT2D eigenvalue weighted by Gasteiger charge is -2.32. The Morgan fingerprint density at radius 1 is 0.882 bits per heavy atom. The number of carbonyl (C=O) groups is 1. The summed E-state index contributed by atoms with van der Waals surface area (Å²) in [7, 11) is 1.77. The number of likely N-dealkylation sites (N-methyl/N-ethyl adjacent to an activating group) is 1. The van der Waals surface area contributed by atoms with Gasteiger partial charge in [-0.05, 0) is 7.05 Å². The molecule has 2 rings (SSSR count). The first-order valence-electron chi connectivity index (χ1n) is 10.3. The molecule has 186 valence electrons. The Bertz CT molecular complexity index is 961. The summed E-state index contributed by atoms with van der Waals surface area (Å²) in [5.41, 5.74) is 1.80. The average molecular weight is 478 g/mol. The second kappa shape index (κ2) is 14.8. The smallest absolute Gasteiger partial charge is 0.373 e. The van der Waals surface area contributed by atoms with E-state index in [0.717, 1.165) is 0 Å². The Labute approximate surface area is 196 Å². The van der Waals surface area contributed by atoms with Crippen molar-refractivity contribution in [3.8, 4) is 11.5 Å². The summed E-state index contributed by atoms with van der Waals surface area (Å²) in [6.45, 7) is -0.633. The first kappa shape index (κ1) is 28.7. The molecule has 0 heterocycles. The quantitative estimate of drug-likeness (QED) is 0.239. The Morgan fingerprint density at radius 3 is 1.74 bits per heavy atom. The normalized spacial score (nSPS) is 11.6. The van der Waals surface area contributed by atoms with Crippen LogP contribution in [-0.2, 0) is 40.7 Å². The topological polar surface area (TPSA) is 179 Å². The lowest BCUT2D eigenvalue weighted by atomic mass is 10.1. The highest BCUT2D eigenvalue weighted by Gasteiger charge is 2.24. The second-order valence-corrected chi connectivity index (χ2v) is 7.58. The first-order chi connectivity index (χ1) is 16.2. The predicted molar refractivity (Wildman–Crippen MR) is 118 cm³/mol. The Morgan fingerprint density at radius 2 is 1.32 bits per heavy atom. The number of rotatable bonds is 12.